The summed E-state index contributed by atoms with van der Waals surface area (Å²) in [6.07, 6.45) is 0. The van der Waals surface area contributed by atoms with Crippen molar-refractivity contribution in [1.82, 2.24) is 30.5 Å². The number of likely N-dealkylation sites (tertiary alicyclic amines) is 1. The van der Waals surface area contributed by atoms with E-state index in [1.54, 1.807) is 0 Å². The number of fused-ring (bicyclic) bond motifs is 2. The number of aromatic nitrogens is 5. The van der Waals surface area contributed by atoms with E-state index in [2.05, 4.69) is 30.5 Å². The van der Waals surface area contributed by atoms with Gasteiger partial charge in [-0.05, 0) is 37.3 Å². The van der Waals surface area contributed by atoms with Crippen LogP contribution < -0.4 is 4.90 Å². The van der Waals surface area contributed by atoms with Crippen molar-refractivity contribution in [2.75, 3.05) is 31.1 Å². The van der Waals surface area contributed by atoms with Crippen LogP contribution in [0.3, 0.4) is 0 Å². The van der Waals surface area contributed by atoms with Crippen LogP contribution in [-0.4, -0.2) is 62.6 Å². The molecule has 8 nitrogen and oxygen atoms in total. The Hall–Kier alpha value is -3.03. The number of hydrogen-bond acceptors (Lipinski definition) is 6. The number of anilines is 1. The van der Waals surface area contributed by atoms with Crippen LogP contribution >= 0.6 is 0 Å². The van der Waals surface area contributed by atoms with E-state index >= 15 is 0 Å². The second-order valence-corrected chi connectivity index (χ2v) is 7.20. The van der Waals surface area contributed by atoms with Gasteiger partial charge in [0.2, 0.25) is 0 Å². The first-order valence-corrected chi connectivity index (χ1v) is 8.82. The molecule has 1 aromatic carbocycles. The second-order valence-electron chi connectivity index (χ2n) is 7.20. The summed E-state index contributed by atoms with van der Waals surface area (Å²) in [6.45, 7) is 5.37. The summed E-state index contributed by atoms with van der Waals surface area (Å²) < 4.78 is 0. The number of aryl methyl sites for hydroxylation is 1. The van der Waals surface area contributed by atoms with Crippen LogP contribution in [0.1, 0.15) is 16.1 Å². The van der Waals surface area contributed by atoms with Crippen molar-refractivity contribution >= 4 is 22.8 Å². The summed E-state index contributed by atoms with van der Waals surface area (Å²) in [5.41, 5.74) is 3.09. The van der Waals surface area contributed by atoms with E-state index in [1.165, 1.54) is 0 Å². The van der Waals surface area contributed by atoms with Gasteiger partial charge in [-0.1, -0.05) is 0 Å². The Morgan fingerprint density at radius 1 is 1.00 bits per heavy atom. The molecule has 8 heteroatoms. The van der Waals surface area contributed by atoms with Gasteiger partial charge in [0.15, 0.2) is 5.82 Å². The summed E-state index contributed by atoms with van der Waals surface area (Å²) in [5.74, 6) is 1.97. The molecule has 0 bridgehead atoms. The first-order valence-electron chi connectivity index (χ1n) is 8.82. The first-order chi connectivity index (χ1) is 12.7. The molecule has 26 heavy (non-hydrogen) atoms. The third kappa shape index (κ3) is 2.49. The number of carbonyl (C=O) groups excluding carboxylic acids is 1. The summed E-state index contributed by atoms with van der Waals surface area (Å²) >= 11 is 0. The van der Waals surface area contributed by atoms with Crippen molar-refractivity contribution in [3.05, 3.63) is 41.6 Å². The minimum Gasteiger partial charge on any atom is -0.354 e. The average Bonchev–Trinajstić information content (AvgIpc) is 3.35. The lowest BCUT2D eigenvalue weighted by Gasteiger charge is -2.22. The predicted octanol–water partition coefficient (Wildman–Crippen LogP) is 1.26. The number of amides is 1. The molecule has 132 valence electrons. The Morgan fingerprint density at radius 2 is 1.77 bits per heavy atom. The lowest BCUT2D eigenvalue weighted by Crippen LogP contribution is -2.33. The number of benzene rings is 1. The van der Waals surface area contributed by atoms with E-state index in [-0.39, 0.29) is 5.91 Å². The molecular formula is C18H19N7O. The van der Waals surface area contributed by atoms with Gasteiger partial charge in [0.25, 0.3) is 5.91 Å². The zero-order valence-corrected chi connectivity index (χ0v) is 14.5. The van der Waals surface area contributed by atoms with Crippen molar-refractivity contribution < 1.29 is 4.79 Å². The van der Waals surface area contributed by atoms with E-state index in [4.69, 9.17) is 0 Å². The number of nitrogens with zero attached hydrogens (tertiary/aromatic N) is 6. The standard InChI is InChI=1S/C18H19N7O/c1-11-2-5-17(22-19-11)24-7-13-9-25(10-14(13)8-24)18(26)12-3-4-15-16(6-12)21-23-20-15/h2-6,13-14H,7-10H2,1H3,(H,20,21,23). The van der Waals surface area contributed by atoms with Crippen molar-refractivity contribution in [1.29, 1.82) is 0 Å². The molecule has 0 saturated carbocycles. The van der Waals surface area contributed by atoms with Crippen LogP contribution in [-0.2, 0) is 0 Å². The Balaban J connectivity index is 1.28. The molecule has 2 aliphatic rings. The van der Waals surface area contributed by atoms with Gasteiger partial charge in [0, 0.05) is 43.6 Å². The van der Waals surface area contributed by atoms with Gasteiger partial charge < -0.3 is 9.80 Å². The van der Waals surface area contributed by atoms with Crippen LogP contribution in [0, 0.1) is 18.8 Å². The quantitative estimate of drug-likeness (QED) is 0.749. The van der Waals surface area contributed by atoms with E-state index in [0.29, 0.717) is 17.4 Å². The van der Waals surface area contributed by atoms with E-state index in [1.807, 2.05) is 42.2 Å². The van der Waals surface area contributed by atoms with Crippen LogP contribution in [0.2, 0.25) is 0 Å². The van der Waals surface area contributed by atoms with Gasteiger partial charge in [0.1, 0.15) is 11.0 Å². The lowest BCUT2D eigenvalue weighted by molar-refractivity contribution is 0.0782. The number of carbonyl (C=O) groups is 1. The SMILES string of the molecule is Cc1ccc(N2CC3CN(C(=O)c4ccc5n[nH]nc5c4)CC3C2)nn1. The van der Waals surface area contributed by atoms with Gasteiger partial charge in [-0.3, -0.25) is 4.79 Å². The maximum atomic E-state index is 12.9. The molecule has 2 unspecified atom stereocenters. The largest absolute Gasteiger partial charge is 0.354 e. The fourth-order valence-corrected chi connectivity index (χ4v) is 4.06. The van der Waals surface area contributed by atoms with E-state index in [0.717, 1.165) is 48.7 Å². The van der Waals surface area contributed by atoms with Crippen LogP contribution in [0.5, 0.6) is 0 Å². The number of nitrogens with one attached hydrogen (secondary N) is 1. The van der Waals surface area contributed by atoms with E-state index < -0.39 is 0 Å². The minimum atomic E-state index is 0.0750. The Labute approximate surface area is 150 Å². The zero-order chi connectivity index (χ0) is 17.7. The molecule has 0 aliphatic carbocycles. The first kappa shape index (κ1) is 15.2. The molecule has 3 aromatic rings. The molecule has 4 heterocycles. The van der Waals surface area contributed by atoms with Crippen molar-refractivity contribution in [3.63, 3.8) is 0 Å². The minimum absolute atomic E-state index is 0.0750. The van der Waals surface area contributed by atoms with Gasteiger partial charge in [-0.25, -0.2) is 0 Å². The van der Waals surface area contributed by atoms with Gasteiger partial charge in [-0.15, -0.1) is 5.10 Å². The molecule has 1 N–H and O–H groups in total. The third-order valence-corrected chi connectivity index (χ3v) is 5.44. The maximum absolute atomic E-state index is 12.9. The highest BCUT2D eigenvalue weighted by Crippen LogP contribution is 2.33. The highest BCUT2D eigenvalue weighted by Gasteiger charge is 2.42. The smallest absolute Gasteiger partial charge is 0.253 e. The lowest BCUT2D eigenvalue weighted by atomic mass is 10.0. The molecule has 0 radical (unpaired) electrons. The van der Waals surface area contributed by atoms with Gasteiger partial charge >= 0.3 is 0 Å². The Kier molecular flexibility index (Phi) is 3.37. The van der Waals surface area contributed by atoms with Gasteiger partial charge in [-0.2, -0.15) is 20.5 Å². The summed E-state index contributed by atoms with van der Waals surface area (Å²) in [7, 11) is 0. The third-order valence-electron chi connectivity index (χ3n) is 5.44. The molecule has 2 saturated heterocycles. The highest BCUT2D eigenvalue weighted by molar-refractivity contribution is 5.97. The Bertz CT molecular complexity index is 953. The predicted molar refractivity (Wildman–Crippen MR) is 95.8 cm³/mol. The number of rotatable bonds is 2. The topological polar surface area (TPSA) is 90.9 Å². The van der Waals surface area contributed by atoms with Crippen molar-refractivity contribution in [2.24, 2.45) is 11.8 Å². The maximum Gasteiger partial charge on any atom is 0.253 e. The molecule has 2 atom stereocenters. The zero-order valence-electron chi connectivity index (χ0n) is 14.5. The van der Waals surface area contributed by atoms with Crippen LogP contribution in [0.15, 0.2) is 30.3 Å². The van der Waals surface area contributed by atoms with Crippen LogP contribution in [0.25, 0.3) is 11.0 Å². The summed E-state index contributed by atoms with van der Waals surface area (Å²) in [6, 6.07) is 9.49. The monoisotopic (exact) mass is 349 g/mol. The molecule has 0 spiro atoms. The van der Waals surface area contributed by atoms with Crippen LogP contribution in [0.4, 0.5) is 5.82 Å². The van der Waals surface area contributed by atoms with E-state index in [9.17, 15) is 4.79 Å². The summed E-state index contributed by atoms with van der Waals surface area (Å²) in [5, 5.41) is 19.1. The van der Waals surface area contributed by atoms with Crippen molar-refractivity contribution in [2.45, 2.75) is 6.92 Å². The molecular weight excluding hydrogens is 330 g/mol. The van der Waals surface area contributed by atoms with Gasteiger partial charge in [0.05, 0.1) is 5.69 Å². The van der Waals surface area contributed by atoms with Crippen molar-refractivity contribution in [3.8, 4) is 0 Å². The summed E-state index contributed by atoms with van der Waals surface area (Å²) in [4.78, 5) is 17.1. The molecule has 5 rings (SSSR count). The fraction of sp³-hybridized carbons (Fsp3) is 0.389. The number of H-pyrrole nitrogens is 1. The molecule has 2 aliphatic heterocycles. The molecule has 1 amide bonds. The molecule has 2 fully saturated rings. The number of hydrogen-bond donors (Lipinski definition) is 1. The molecule has 2 aromatic heterocycles. The highest BCUT2D eigenvalue weighted by atomic mass is 16.2. The average molecular weight is 349 g/mol. The fourth-order valence-electron chi connectivity index (χ4n) is 4.06. The Morgan fingerprint density at radius 3 is 2.50 bits per heavy atom. The number of aromatic amines is 1. The normalized spacial score (nSPS) is 22.2. The second kappa shape index (κ2) is 5.76.